The van der Waals surface area contributed by atoms with Crippen LogP contribution in [-0.2, 0) is 4.74 Å². The lowest BCUT2D eigenvalue weighted by atomic mass is 10.5. The zero-order chi connectivity index (χ0) is 6.24. The van der Waals surface area contributed by atoms with Crippen molar-refractivity contribution in [1.29, 1.82) is 0 Å². The minimum Gasteiger partial charge on any atom is -0.394 e. The third-order valence-electron chi connectivity index (χ3n) is 0.682. The lowest BCUT2D eigenvalue weighted by molar-refractivity contribution is 0.0933. The Morgan fingerprint density at radius 2 is 2.12 bits per heavy atom. The van der Waals surface area contributed by atoms with Crippen LogP contribution < -0.4 is 0 Å². The third-order valence-corrected chi connectivity index (χ3v) is 0.999. The Morgan fingerprint density at radius 1 is 1.38 bits per heavy atom. The Kier molecular flexibility index (Phi) is 7.52. The summed E-state index contributed by atoms with van der Waals surface area (Å²) in [6.45, 7) is 1.28. The lowest BCUT2D eigenvalue weighted by Gasteiger charge is -1.97. The predicted molar refractivity (Wildman–Crippen MR) is 36.4 cm³/mol. The van der Waals surface area contributed by atoms with E-state index in [-0.39, 0.29) is 6.61 Å². The van der Waals surface area contributed by atoms with Crippen LogP contribution in [0.3, 0.4) is 0 Å². The Labute approximate surface area is 55.3 Å². The van der Waals surface area contributed by atoms with E-state index in [4.69, 9.17) is 9.84 Å². The number of hydrogen-bond donors (Lipinski definition) is 2. The van der Waals surface area contributed by atoms with Gasteiger partial charge >= 0.3 is 0 Å². The first-order chi connectivity index (χ1) is 3.91. The molecule has 0 rings (SSSR count). The quantitative estimate of drug-likeness (QED) is 0.421. The van der Waals surface area contributed by atoms with Crippen LogP contribution in [-0.4, -0.2) is 30.7 Å². The van der Waals surface area contributed by atoms with Crippen LogP contribution in [0.1, 0.15) is 6.42 Å². The molecule has 3 heteroatoms. The molecule has 1 N–H and O–H groups in total. The Bertz CT molecular complexity index is 35.4. The van der Waals surface area contributed by atoms with Gasteiger partial charge in [-0.15, -0.1) is 0 Å². The monoisotopic (exact) mass is 136 g/mol. The second kappa shape index (κ2) is 7.27. The van der Waals surface area contributed by atoms with E-state index in [2.05, 4.69) is 12.6 Å². The Balaban J connectivity index is 2.53. The summed E-state index contributed by atoms with van der Waals surface area (Å²) in [6.07, 6.45) is 0.961. The van der Waals surface area contributed by atoms with Crippen LogP contribution in [0.4, 0.5) is 0 Å². The van der Waals surface area contributed by atoms with Crippen molar-refractivity contribution in [3.8, 4) is 0 Å². The van der Waals surface area contributed by atoms with Crippen molar-refractivity contribution in [1.82, 2.24) is 0 Å². The van der Waals surface area contributed by atoms with Crippen molar-refractivity contribution < 1.29 is 9.84 Å². The normalized spacial score (nSPS) is 9.75. The molecule has 0 atom stereocenters. The average Bonchev–Trinajstić information content (AvgIpc) is 1.81. The first-order valence-electron chi connectivity index (χ1n) is 2.71. The Morgan fingerprint density at radius 3 is 2.62 bits per heavy atom. The minimum atomic E-state index is 0.118. The van der Waals surface area contributed by atoms with Crippen LogP contribution in [0.25, 0.3) is 0 Å². The summed E-state index contributed by atoms with van der Waals surface area (Å²) in [5.41, 5.74) is 0. The molecule has 0 saturated carbocycles. The maximum atomic E-state index is 8.22. The summed E-state index contributed by atoms with van der Waals surface area (Å²) in [5.74, 6) is 0.853. The van der Waals surface area contributed by atoms with Gasteiger partial charge in [-0.3, -0.25) is 0 Å². The van der Waals surface area contributed by atoms with Crippen LogP contribution in [0, 0.1) is 0 Å². The van der Waals surface area contributed by atoms with Crippen LogP contribution in [0.15, 0.2) is 0 Å². The molecule has 2 nitrogen and oxygen atoms in total. The van der Waals surface area contributed by atoms with Gasteiger partial charge in [0.25, 0.3) is 0 Å². The fourth-order valence-electron chi connectivity index (χ4n) is 0.333. The SMILES string of the molecule is OCCOCCCS. The number of rotatable bonds is 5. The molecule has 0 fully saturated rings. The van der Waals surface area contributed by atoms with Gasteiger partial charge in [-0.05, 0) is 12.2 Å². The van der Waals surface area contributed by atoms with E-state index >= 15 is 0 Å². The molecule has 0 unspecified atom stereocenters. The minimum absolute atomic E-state index is 0.118. The van der Waals surface area contributed by atoms with Crippen molar-refractivity contribution >= 4 is 12.6 Å². The molecule has 0 aromatic rings. The second-order valence-corrected chi connectivity index (χ2v) is 1.86. The van der Waals surface area contributed by atoms with Gasteiger partial charge < -0.3 is 9.84 Å². The third kappa shape index (κ3) is 6.27. The molecule has 0 aliphatic heterocycles. The van der Waals surface area contributed by atoms with E-state index in [0.717, 1.165) is 12.2 Å². The highest BCUT2D eigenvalue weighted by Gasteiger charge is 1.82. The summed E-state index contributed by atoms with van der Waals surface area (Å²) in [6, 6.07) is 0. The zero-order valence-corrected chi connectivity index (χ0v) is 5.73. The number of aliphatic hydroxyl groups excluding tert-OH is 1. The van der Waals surface area contributed by atoms with E-state index in [1.165, 1.54) is 0 Å². The molecular formula is C5H12O2S. The van der Waals surface area contributed by atoms with E-state index in [9.17, 15) is 0 Å². The van der Waals surface area contributed by atoms with Gasteiger partial charge in [0, 0.05) is 6.61 Å². The maximum absolute atomic E-state index is 8.22. The zero-order valence-electron chi connectivity index (χ0n) is 4.84. The molecule has 0 aromatic heterocycles. The highest BCUT2D eigenvalue weighted by atomic mass is 32.1. The first kappa shape index (κ1) is 8.27. The topological polar surface area (TPSA) is 29.5 Å². The number of thiol groups is 1. The van der Waals surface area contributed by atoms with E-state index in [0.29, 0.717) is 13.2 Å². The van der Waals surface area contributed by atoms with Crippen LogP contribution in [0.2, 0.25) is 0 Å². The summed E-state index contributed by atoms with van der Waals surface area (Å²) >= 11 is 3.98. The molecular weight excluding hydrogens is 124 g/mol. The van der Waals surface area contributed by atoms with Gasteiger partial charge in [0.05, 0.1) is 13.2 Å². The smallest absolute Gasteiger partial charge is 0.0697 e. The number of aliphatic hydroxyl groups is 1. The molecule has 50 valence electrons. The maximum Gasteiger partial charge on any atom is 0.0697 e. The highest BCUT2D eigenvalue weighted by Crippen LogP contribution is 1.83. The summed E-state index contributed by atoms with van der Waals surface area (Å²) in [4.78, 5) is 0. The van der Waals surface area contributed by atoms with Gasteiger partial charge in [-0.25, -0.2) is 0 Å². The van der Waals surface area contributed by atoms with Gasteiger partial charge in [-0.2, -0.15) is 12.6 Å². The number of ether oxygens (including phenoxy) is 1. The molecule has 0 radical (unpaired) electrons. The molecule has 0 bridgehead atoms. The molecule has 0 saturated heterocycles. The van der Waals surface area contributed by atoms with E-state index in [1.54, 1.807) is 0 Å². The first-order valence-corrected chi connectivity index (χ1v) is 3.34. The van der Waals surface area contributed by atoms with Gasteiger partial charge in [0.1, 0.15) is 0 Å². The van der Waals surface area contributed by atoms with Crippen molar-refractivity contribution in [3.63, 3.8) is 0 Å². The summed E-state index contributed by atoms with van der Waals surface area (Å²) in [7, 11) is 0. The van der Waals surface area contributed by atoms with E-state index in [1.807, 2.05) is 0 Å². The van der Waals surface area contributed by atoms with Crippen molar-refractivity contribution in [2.24, 2.45) is 0 Å². The van der Waals surface area contributed by atoms with Crippen molar-refractivity contribution in [3.05, 3.63) is 0 Å². The van der Waals surface area contributed by atoms with Gasteiger partial charge in [0.2, 0.25) is 0 Å². The molecule has 8 heavy (non-hydrogen) atoms. The van der Waals surface area contributed by atoms with Crippen molar-refractivity contribution in [2.75, 3.05) is 25.6 Å². The second-order valence-electron chi connectivity index (χ2n) is 1.41. The Hall–Kier alpha value is 0.270. The largest absolute Gasteiger partial charge is 0.394 e. The van der Waals surface area contributed by atoms with Crippen molar-refractivity contribution in [2.45, 2.75) is 6.42 Å². The fraction of sp³-hybridized carbons (Fsp3) is 1.00. The summed E-state index contributed by atoms with van der Waals surface area (Å²) in [5, 5.41) is 8.22. The number of hydrogen-bond acceptors (Lipinski definition) is 3. The van der Waals surface area contributed by atoms with Gasteiger partial charge in [-0.1, -0.05) is 0 Å². The highest BCUT2D eigenvalue weighted by molar-refractivity contribution is 7.80. The van der Waals surface area contributed by atoms with Crippen LogP contribution in [0.5, 0.6) is 0 Å². The molecule has 0 aliphatic rings. The predicted octanol–water partition coefficient (Wildman–Crippen LogP) is 0.315. The van der Waals surface area contributed by atoms with Gasteiger partial charge in [0.15, 0.2) is 0 Å². The molecule has 0 aliphatic carbocycles. The molecule has 0 amide bonds. The molecule has 0 aromatic carbocycles. The average molecular weight is 136 g/mol. The summed E-state index contributed by atoms with van der Waals surface area (Å²) < 4.78 is 4.92. The van der Waals surface area contributed by atoms with E-state index < -0.39 is 0 Å². The molecule has 0 heterocycles. The standard InChI is InChI=1S/C5H12O2S/c6-2-4-7-3-1-5-8/h6,8H,1-5H2. The fourth-order valence-corrected chi connectivity index (χ4v) is 0.462. The van der Waals surface area contributed by atoms with Crippen LogP contribution >= 0.6 is 12.6 Å². The lowest BCUT2D eigenvalue weighted by Crippen LogP contribution is -2.00. The molecule has 0 spiro atoms.